The van der Waals surface area contributed by atoms with Crippen LogP contribution < -0.4 is 10.7 Å². The Morgan fingerprint density at radius 1 is 1.08 bits per heavy atom. The number of hydrogen-bond donors (Lipinski definition) is 3. The van der Waals surface area contributed by atoms with Gasteiger partial charge in [-0.05, 0) is 32.1 Å². The fourth-order valence-corrected chi connectivity index (χ4v) is 2.94. The average molecular weight is 352 g/mol. The molecule has 5 nitrogen and oxygen atoms in total. The third kappa shape index (κ3) is 12.6. The molecule has 1 aliphatic rings. The van der Waals surface area contributed by atoms with E-state index in [1.807, 2.05) is 0 Å². The van der Waals surface area contributed by atoms with Crippen molar-refractivity contribution in [2.75, 3.05) is 6.54 Å². The lowest BCUT2D eigenvalue weighted by Gasteiger charge is -2.13. The third-order valence-electron chi connectivity index (χ3n) is 4.49. The molecule has 25 heavy (non-hydrogen) atoms. The van der Waals surface area contributed by atoms with Crippen LogP contribution in [-0.2, 0) is 4.79 Å². The van der Waals surface area contributed by atoms with Crippen molar-refractivity contribution < 1.29 is 9.90 Å². The number of amides is 1. The highest BCUT2D eigenvalue weighted by molar-refractivity contribution is 6.00. The SMILES string of the molecule is CCCCCC[C@@H](O)C/C=C\CCCCCCCC1=NNCC(=O)N1. The van der Waals surface area contributed by atoms with Crippen LogP contribution in [0.5, 0.6) is 0 Å². The van der Waals surface area contributed by atoms with Gasteiger partial charge >= 0.3 is 0 Å². The van der Waals surface area contributed by atoms with Gasteiger partial charge in [-0.2, -0.15) is 5.10 Å². The molecule has 1 amide bonds. The van der Waals surface area contributed by atoms with E-state index < -0.39 is 0 Å². The number of carbonyl (C=O) groups excluding carboxylic acids is 1. The zero-order valence-corrected chi connectivity index (χ0v) is 15.9. The second-order valence-electron chi connectivity index (χ2n) is 6.96. The maximum Gasteiger partial charge on any atom is 0.246 e. The summed E-state index contributed by atoms with van der Waals surface area (Å²) in [6.07, 6.45) is 18.7. The quantitative estimate of drug-likeness (QED) is 0.308. The second-order valence-corrected chi connectivity index (χ2v) is 6.96. The Balaban J connectivity index is 1.86. The second kappa shape index (κ2) is 14.9. The molecule has 1 aliphatic heterocycles. The van der Waals surface area contributed by atoms with Crippen molar-refractivity contribution in [1.29, 1.82) is 0 Å². The van der Waals surface area contributed by atoms with Crippen molar-refractivity contribution in [3.05, 3.63) is 12.2 Å². The Kier molecular flexibility index (Phi) is 13.0. The number of nitrogens with zero attached hydrogens (tertiary/aromatic N) is 1. The molecule has 0 bridgehead atoms. The van der Waals surface area contributed by atoms with E-state index in [0.29, 0.717) is 0 Å². The minimum Gasteiger partial charge on any atom is -0.393 e. The van der Waals surface area contributed by atoms with Gasteiger partial charge in [-0.15, -0.1) is 0 Å². The largest absolute Gasteiger partial charge is 0.393 e. The first-order valence-electron chi connectivity index (χ1n) is 10.1. The predicted molar refractivity (Wildman–Crippen MR) is 104 cm³/mol. The van der Waals surface area contributed by atoms with E-state index in [0.717, 1.165) is 44.4 Å². The Morgan fingerprint density at radius 2 is 1.84 bits per heavy atom. The van der Waals surface area contributed by atoms with Crippen LogP contribution >= 0.6 is 0 Å². The molecule has 1 heterocycles. The molecule has 1 rings (SSSR count). The number of hydrazone groups is 1. The van der Waals surface area contributed by atoms with Gasteiger partial charge in [0.15, 0.2) is 0 Å². The molecule has 0 radical (unpaired) electrons. The smallest absolute Gasteiger partial charge is 0.246 e. The van der Waals surface area contributed by atoms with Crippen LogP contribution in [0.3, 0.4) is 0 Å². The Labute approximate surface area is 153 Å². The van der Waals surface area contributed by atoms with Crippen LogP contribution in [0.2, 0.25) is 0 Å². The lowest BCUT2D eigenvalue weighted by molar-refractivity contribution is -0.119. The molecular formula is C20H37N3O2. The molecule has 0 aliphatic carbocycles. The summed E-state index contributed by atoms with van der Waals surface area (Å²) in [4.78, 5) is 11.2. The van der Waals surface area contributed by atoms with Gasteiger partial charge < -0.3 is 10.4 Å². The molecule has 144 valence electrons. The molecule has 0 aromatic carbocycles. The van der Waals surface area contributed by atoms with Gasteiger partial charge in [0.25, 0.3) is 0 Å². The number of aliphatic hydroxyl groups excluding tert-OH is 1. The number of allylic oxidation sites excluding steroid dienone is 1. The van der Waals surface area contributed by atoms with E-state index in [9.17, 15) is 9.90 Å². The van der Waals surface area contributed by atoms with E-state index in [1.54, 1.807) is 0 Å². The molecule has 0 saturated carbocycles. The molecule has 0 spiro atoms. The first-order chi connectivity index (χ1) is 12.2. The molecule has 0 unspecified atom stereocenters. The average Bonchev–Trinajstić information content (AvgIpc) is 2.60. The van der Waals surface area contributed by atoms with E-state index >= 15 is 0 Å². The zero-order chi connectivity index (χ0) is 18.2. The Bertz CT molecular complexity index is 408. The summed E-state index contributed by atoms with van der Waals surface area (Å²) in [5, 5.41) is 16.8. The van der Waals surface area contributed by atoms with Crippen LogP contribution in [-0.4, -0.2) is 29.5 Å². The summed E-state index contributed by atoms with van der Waals surface area (Å²) in [5.74, 6) is 0.773. The molecule has 0 saturated heterocycles. The fraction of sp³-hybridized carbons (Fsp3) is 0.800. The van der Waals surface area contributed by atoms with E-state index in [1.165, 1.54) is 44.9 Å². The first-order valence-corrected chi connectivity index (χ1v) is 10.1. The lowest BCUT2D eigenvalue weighted by Crippen LogP contribution is -2.42. The zero-order valence-electron chi connectivity index (χ0n) is 15.9. The van der Waals surface area contributed by atoms with Crippen LogP contribution in [0.4, 0.5) is 0 Å². The van der Waals surface area contributed by atoms with Crippen molar-refractivity contribution in [3.63, 3.8) is 0 Å². The standard InChI is InChI=1S/C20H37N3O2/c1-2-3-4-11-14-18(24)15-12-9-7-5-6-8-10-13-16-19-22-20(25)17-21-23-19/h9,12,18,21,24H,2-8,10-11,13-17H2,1H3,(H,22,23,25)/b12-9-/t18-/m1/s1. The monoisotopic (exact) mass is 351 g/mol. The fourth-order valence-electron chi connectivity index (χ4n) is 2.94. The van der Waals surface area contributed by atoms with Crippen molar-refractivity contribution in [2.45, 2.75) is 96.5 Å². The van der Waals surface area contributed by atoms with E-state index in [2.05, 4.69) is 34.9 Å². The molecule has 1 atom stereocenters. The van der Waals surface area contributed by atoms with Crippen molar-refractivity contribution >= 4 is 11.7 Å². The van der Waals surface area contributed by atoms with Gasteiger partial charge in [0.05, 0.1) is 6.10 Å². The van der Waals surface area contributed by atoms with Crippen LogP contribution in [0, 0.1) is 0 Å². The number of hydrogen-bond acceptors (Lipinski definition) is 4. The Hall–Kier alpha value is -1.36. The highest BCUT2D eigenvalue weighted by atomic mass is 16.3. The summed E-state index contributed by atoms with van der Waals surface area (Å²) in [5.41, 5.74) is 2.74. The highest BCUT2D eigenvalue weighted by Gasteiger charge is 2.10. The molecule has 5 heteroatoms. The molecule has 0 aromatic heterocycles. The summed E-state index contributed by atoms with van der Waals surface area (Å²) >= 11 is 0. The summed E-state index contributed by atoms with van der Waals surface area (Å²) in [6, 6.07) is 0. The minimum atomic E-state index is -0.161. The predicted octanol–water partition coefficient (Wildman–Crippen LogP) is 4.03. The third-order valence-corrected chi connectivity index (χ3v) is 4.49. The summed E-state index contributed by atoms with van der Waals surface area (Å²) in [6.45, 7) is 2.49. The molecular weight excluding hydrogens is 314 g/mol. The van der Waals surface area contributed by atoms with Crippen molar-refractivity contribution in [2.24, 2.45) is 5.10 Å². The topological polar surface area (TPSA) is 73.7 Å². The van der Waals surface area contributed by atoms with Crippen LogP contribution in [0.25, 0.3) is 0 Å². The highest BCUT2D eigenvalue weighted by Crippen LogP contribution is 2.10. The van der Waals surface area contributed by atoms with Gasteiger partial charge in [-0.3, -0.25) is 10.2 Å². The van der Waals surface area contributed by atoms with Gasteiger partial charge in [0, 0.05) is 6.42 Å². The lowest BCUT2D eigenvalue weighted by atomic mass is 10.1. The van der Waals surface area contributed by atoms with E-state index in [-0.39, 0.29) is 18.6 Å². The van der Waals surface area contributed by atoms with Gasteiger partial charge in [-0.1, -0.05) is 64.0 Å². The van der Waals surface area contributed by atoms with Gasteiger partial charge in [0.2, 0.25) is 5.91 Å². The number of aliphatic hydroxyl groups is 1. The van der Waals surface area contributed by atoms with Gasteiger partial charge in [-0.25, -0.2) is 0 Å². The minimum absolute atomic E-state index is 0.00265. The molecule has 0 aromatic rings. The van der Waals surface area contributed by atoms with Crippen LogP contribution in [0.1, 0.15) is 90.4 Å². The number of amidine groups is 1. The number of rotatable bonds is 15. The molecule has 0 fully saturated rings. The van der Waals surface area contributed by atoms with E-state index in [4.69, 9.17) is 0 Å². The van der Waals surface area contributed by atoms with Crippen LogP contribution in [0.15, 0.2) is 17.3 Å². The maximum atomic E-state index is 11.2. The van der Waals surface area contributed by atoms with Crippen molar-refractivity contribution in [1.82, 2.24) is 10.7 Å². The summed E-state index contributed by atoms with van der Waals surface area (Å²) in [7, 11) is 0. The first kappa shape index (κ1) is 21.7. The molecule has 3 N–H and O–H groups in total. The maximum absolute atomic E-state index is 11.2. The normalized spacial score (nSPS) is 15.8. The number of carbonyl (C=O) groups is 1. The van der Waals surface area contributed by atoms with Crippen molar-refractivity contribution in [3.8, 4) is 0 Å². The number of nitrogens with one attached hydrogen (secondary N) is 2. The van der Waals surface area contributed by atoms with Gasteiger partial charge in [0.1, 0.15) is 12.4 Å². The number of unbranched alkanes of at least 4 members (excludes halogenated alkanes) is 8. The summed E-state index contributed by atoms with van der Waals surface area (Å²) < 4.78 is 0. The Morgan fingerprint density at radius 3 is 2.64 bits per heavy atom.